The lowest BCUT2D eigenvalue weighted by atomic mass is 10.0. The van der Waals surface area contributed by atoms with Gasteiger partial charge in [-0.25, -0.2) is 0 Å². The topological polar surface area (TPSA) is 48.1 Å². The zero-order chi connectivity index (χ0) is 19.5. The summed E-state index contributed by atoms with van der Waals surface area (Å²) in [6.07, 6.45) is 2.24. The van der Waals surface area contributed by atoms with Crippen LogP contribution in [-0.4, -0.2) is 29.0 Å². The van der Waals surface area contributed by atoms with Gasteiger partial charge in [-0.15, -0.1) is 0 Å². The predicted molar refractivity (Wildman–Crippen MR) is 116 cm³/mol. The number of benzene rings is 2. The van der Waals surface area contributed by atoms with Crippen LogP contribution in [0.1, 0.15) is 35.1 Å². The van der Waals surface area contributed by atoms with E-state index in [2.05, 4.69) is 64.6 Å². The lowest BCUT2D eigenvalue weighted by Crippen LogP contribution is -2.42. The molecule has 1 saturated heterocycles. The Morgan fingerprint density at radius 2 is 1.82 bits per heavy atom. The molecule has 3 aromatic rings. The lowest BCUT2D eigenvalue weighted by Gasteiger charge is -2.32. The molecule has 1 aliphatic rings. The number of piperidine rings is 1. The van der Waals surface area contributed by atoms with E-state index in [9.17, 15) is 4.79 Å². The van der Waals surface area contributed by atoms with Crippen molar-refractivity contribution in [1.82, 2.24) is 15.2 Å². The molecule has 0 unspecified atom stereocenters. The number of aryl methyl sites for hydroxylation is 2. The van der Waals surface area contributed by atoms with Gasteiger partial charge in [-0.05, 0) is 68.4 Å². The van der Waals surface area contributed by atoms with Crippen molar-refractivity contribution >= 4 is 10.9 Å². The first-order chi connectivity index (χ1) is 13.6. The number of aromatic amines is 1. The monoisotopic (exact) mass is 375 g/mol. The summed E-state index contributed by atoms with van der Waals surface area (Å²) in [5, 5.41) is 4.73. The number of nitrogens with one attached hydrogen (secondary N) is 2. The largest absolute Gasteiger partial charge is 0.321 e. The van der Waals surface area contributed by atoms with Crippen LogP contribution >= 0.6 is 0 Å². The number of pyridine rings is 1. The van der Waals surface area contributed by atoms with Gasteiger partial charge in [0.1, 0.15) is 0 Å². The second-order valence-corrected chi connectivity index (χ2v) is 8.09. The standard InChI is InChI=1S/C24H29N3O/c1-17-12-18(2)23-20(13-17)14-21(24(28)26-23)15-25-22-8-10-27(11-9-22)16-19-6-4-3-5-7-19/h3-7,12-14,22,25H,8-11,15-16H2,1-2H3,(H,26,28). The van der Waals surface area contributed by atoms with Crippen molar-refractivity contribution in [2.45, 2.75) is 45.8 Å². The van der Waals surface area contributed by atoms with Crippen LogP contribution < -0.4 is 10.9 Å². The summed E-state index contributed by atoms with van der Waals surface area (Å²) in [5.74, 6) is 0. The molecule has 0 radical (unpaired) electrons. The summed E-state index contributed by atoms with van der Waals surface area (Å²) in [6, 6.07) is 17.4. The van der Waals surface area contributed by atoms with Crippen LogP contribution in [0.5, 0.6) is 0 Å². The van der Waals surface area contributed by atoms with Crippen LogP contribution in [0.2, 0.25) is 0 Å². The molecule has 0 atom stereocenters. The summed E-state index contributed by atoms with van der Waals surface area (Å²) in [5.41, 5.74) is 5.52. The molecule has 1 aromatic heterocycles. The van der Waals surface area contributed by atoms with Crippen molar-refractivity contribution < 1.29 is 0 Å². The third-order valence-corrected chi connectivity index (χ3v) is 5.79. The van der Waals surface area contributed by atoms with Gasteiger partial charge in [0.2, 0.25) is 0 Å². The second kappa shape index (κ2) is 8.29. The third kappa shape index (κ3) is 4.34. The summed E-state index contributed by atoms with van der Waals surface area (Å²) < 4.78 is 0. The quantitative estimate of drug-likeness (QED) is 0.711. The molecule has 1 aliphatic heterocycles. The maximum Gasteiger partial charge on any atom is 0.252 e. The van der Waals surface area contributed by atoms with Gasteiger partial charge in [0.25, 0.3) is 5.56 Å². The van der Waals surface area contributed by atoms with Gasteiger partial charge in [-0.1, -0.05) is 42.0 Å². The van der Waals surface area contributed by atoms with E-state index in [1.807, 2.05) is 13.0 Å². The molecule has 0 aliphatic carbocycles. The van der Waals surface area contributed by atoms with Crippen LogP contribution in [0.4, 0.5) is 0 Å². The molecule has 0 spiro atoms. The number of H-pyrrole nitrogens is 1. The third-order valence-electron chi connectivity index (χ3n) is 5.79. The number of hydrogen-bond donors (Lipinski definition) is 2. The minimum absolute atomic E-state index is 0.0217. The van der Waals surface area contributed by atoms with Gasteiger partial charge in [-0.2, -0.15) is 0 Å². The molecule has 0 bridgehead atoms. The number of hydrogen-bond acceptors (Lipinski definition) is 3. The fourth-order valence-electron chi connectivity index (χ4n) is 4.25. The number of likely N-dealkylation sites (tertiary alicyclic amines) is 1. The summed E-state index contributed by atoms with van der Waals surface area (Å²) in [7, 11) is 0. The van der Waals surface area contributed by atoms with Crippen LogP contribution in [-0.2, 0) is 13.1 Å². The van der Waals surface area contributed by atoms with E-state index in [1.54, 1.807) is 0 Å². The van der Waals surface area contributed by atoms with Crippen LogP contribution in [0.25, 0.3) is 10.9 Å². The molecule has 2 aromatic carbocycles. The maximum atomic E-state index is 12.5. The first kappa shape index (κ1) is 18.9. The molecule has 0 amide bonds. The molecule has 28 heavy (non-hydrogen) atoms. The highest BCUT2D eigenvalue weighted by atomic mass is 16.1. The Bertz CT molecular complexity index is 1000. The Morgan fingerprint density at radius 3 is 2.57 bits per heavy atom. The summed E-state index contributed by atoms with van der Waals surface area (Å²) in [4.78, 5) is 18.1. The van der Waals surface area contributed by atoms with E-state index in [4.69, 9.17) is 0 Å². The van der Waals surface area contributed by atoms with Gasteiger partial charge < -0.3 is 10.3 Å². The van der Waals surface area contributed by atoms with E-state index in [1.165, 1.54) is 11.1 Å². The first-order valence-corrected chi connectivity index (χ1v) is 10.2. The minimum atomic E-state index is 0.0217. The summed E-state index contributed by atoms with van der Waals surface area (Å²) in [6.45, 7) is 7.99. The van der Waals surface area contributed by atoms with Crippen molar-refractivity contribution in [3.05, 3.63) is 81.1 Å². The molecule has 4 nitrogen and oxygen atoms in total. The normalized spacial score (nSPS) is 15.9. The molecule has 2 N–H and O–H groups in total. The molecule has 146 valence electrons. The molecule has 4 rings (SSSR count). The molecule has 1 fully saturated rings. The van der Waals surface area contributed by atoms with Crippen LogP contribution in [0, 0.1) is 13.8 Å². The number of fused-ring (bicyclic) bond motifs is 1. The van der Waals surface area contributed by atoms with E-state index in [0.717, 1.165) is 54.5 Å². The molecular formula is C24H29N3O. The average molecular weight is 376 g/mol. The van der Waals surface area contributed by atoms with E-state index in [0.29, 0.717) is 12.6 Å². The Labute approximate surface area is 166 Å². The fourth-order valence-corrected chi connectivity index (χ4v) is 4.25. The Hall–Kier alpha value is -2.43. The SMILES string of the molecule is Cc1cc(C)c2[nH]c(=O)c(CNC3CCN(Cc4ccccc4)CC3)cc2c1. The zero-order valence-corrected chi connectivity index (χ0v) is 16.8. The smallest absolute Gasteiger partial charge is 0.252 e. The Balaban J connectivity index is 1.35. The zero-order valence-electron chi connectivity index (χ0n) is 16.8. The highest BCUT2D eigenvalue weighted by molar-refractivity contribution is 5.82. The molecular weight excluding hydrogens is 346 g/mol. The maximum absolute atomic E-state index is 12.5. The average Bonchev–Trinajstić information content (AvgIpc) is 2.69. The first-order valence-electron chi connectivity index (χ1n) is 10.2. The van der Waals surface area contributed by atoms with Crippen molar-refractivity contribution in [1.29, 1.82) is 0 Å². The van der Waals surface area contributed by atoms with Gasteiger partial charge in [0.05, 0.1) is 5.52 Å². The van der Waals surface area contributed by atoms with Crippen molar-refractivity contribution in [3.63, 3.8) is 0 Å². The summed E-state index contributed by atoms with van der Waals surface area (Å²) >= 11 is 0. The molecule has 4 heteroatoms. The van der Waals surface area contributed by atoms with Gasteiger partial charge >= 0.3 is 0 Å². The number of nitrogens with zero attached hydrogens (tertiary/aromatic N) is 1. The minimum Gasteiger partial charge on any atom is -0.321 e. The van der Waals surface area contributed by atoms with Crippen molar-refractivity contribution in [2.75, 3.05) is 13.1 Å². The van der Waals surface area contributed by atoms with Crippen LogP contribution in [0.15, 0.2) is 53.3 Å². The predicted octanol–water partition coefficient (Wildman–Crippen LogP) is 3.90. The lowest BCUT2D eigenvalue weighted by molar-refractivity contribution is 0.190. The van der Waals surface area contributed by atoms with E-state index in [-0.39, 0.29) is 5.56 Å². The Kier molecular flexibility index (Phi) is 5.60. The van der Waals surface area contributed by atoms with Crippen molar-refractivity contribution in [2.24, 2.45) is 0 Å². The highest BCUT2D eigenvalue weighted by Crippen LogP contribution is 2.18. The highest BCUT2D eigenvalue weighted by Gasteiger charge is 2.19. The van der Waals surface area contributed by atoms with Gasteiger partial charge in [0, 0.05) is 24.7 Å². The van der Waals surface area contributed by atoms with E-state index >= 15 is 0 Å². The molecule has 0 saturated carbocycles. The van der Waals surface area contributed by atoms with E-state index < -0.39 is 0 Å². The van der Waals surface area contributed by atoms with Crippen molar-refractivity contribution in [3.8, 4) is 0 Å². The number of aromatic nitrogens is 1. The van der Waals surface area contributed by atoms with Gasteiger partial charge in [0.15, 0.2) is 0 Å². The fraction of sp³-hybridized carbons (Fsp3) is 0.375. The Morgan fingerprint density at radius 1 is 1.07 bits per heavy atom. The van der Waals surface area contributed by atoms with Crippen LogP contribution in [0.3, 0.4) is 0 Å². The second-order valence-electron chi connectivity index (χ2n) is 8.09. The molecule has 2 heterocycles. The number of rotatable bonds is 5. The van der Waals surface area contributed by atoms with Gasteiger partial charge in [-0.3, -0.25) is 9.69 Å².